The van der Waals surface area contributed by atoms with Gasteiger partial charge in [0.05, 0.1) is 19.3 Å². The molecule has 0 amide bonds. The molecule has 1 aromatic rings. The molecule has 0 aliphatic heterocycles. The third kappa shape index (κ3) is 8.10. The summed E-state index contributed by atoms with van der Waals surface area (Å²) in [7, 11) is 1.49. The quantitative estimate of drug-likeness (QED) is 0.451. The van der Waals surface area contributed by atoms with Crippen molar-refractivity contribution < 1.29 is 19.6 Å². The van der Waals surface area contributed by atoms with Crippen molar-refractivity contribution >= 4 is 5.97 Å². The van der Waals surface area contributed by atoms with Crippen LogP contribution in [0.1, 0.15) is 29.3 Å². The molecular weight excluding hydrogens is 246 g/mol. The van der Waals surface area contributed by atoms with Crippen molar-refractivity contribution in [3.05, 3.63) is 48.0 Å². The molecule has 0 spiro atoms. The highest BCUT2D eigenvalue weighted by Crippen LogP contribution is 2.08. The SMILES string of the molecule is C=CCCONOC.CCc1ccccc1C(=O)O. The lowest BCUT2D eigenvalue weighted by Crippen LogP contribution is -2.12. The molecule has 0 aliphatic rings. The van der Waals surface area contributed by atoms with E-state index in [-0.39, 0.29) is 0 Å². The summed E-state index contributed by atoms with van der Waals surface area (Å²) in [5.41, 5.74) is 3.54. The predicted molar refractivity (Wildman–Crippen MR) is 73.7 cm³/mol. The number of carboxylic acid groups (broad SMARTS) is 1. The highest BCUT2D eigenvalue weighted by atomic mass is 16.9. The van der Waals surface area contributed by atoms with Crippen LogP contribution in [0.3, 0.4) is 0 Å². The molecular formula is C14H21NO4. The largest absolute Gasteiger partial charge is 0.478 e. The van der Waals surface area contributed by atoms with Crippen molar-refractivity contribution in [1.82, 2.24) is 5.64 Å². The topological polar surface area (TPSA) is 67.8 Å². The lowest BCUT2D eigenvalue weighted by atomic mass is 10.1. The molecule has 0 radical (unpaired) electrons. The van der Waals surface area contributed by atoms with Crippen LogP contribution in [0.15, 0.2) is 36.9 Å². The van der Waals surface area contributed by atoms with Gasteiger partial charge >= 0.3 is 5.97 Å². The third-order valence-electron chi connectivity index (χ3n) is 2.19. The monoisotopic (exact) mass is 267 g/mol. The van der Waals surface area contributed by atoms with Crippen molar-refractivity contribution in [2.45, 2.75) is 19.8 Å². The Morgan fingerprint density at radius 1 is 1.47 bits per heavy atom. The first kappa shape index (κ1) is 17.3. The standard InChI is InChI=1S/C9H10O2.C5H11NO2/c1-2-7-5-3-4-6-8(7)9(10)11;1-3-4-5-8-6-7-2/h3-6H,2H2,1H3,(H,10,11);3,6H,1,4-5H2,2H3. The second kappa shape index (κ2) is 11.4. The van der Waals surface area contributed by atoms with E-state index in [4.69, 9.17) is 5.11 Å². The third-order valence-corrected chi connectivity index (χ3v) is 2.19. The van der Waals surface area contributed by atoms with Gasteiger partial charge in [0.25, 0.3) is 0 Å². The summed E-state index contributed by atoms with van der Waals surface area (Å²) in [4.78, 5) is 19.6. The summed E-state index contributed by atoms with van der Waals surface area (Å²) < 4.78 is 0. The minimum atomic E-state index is -0.845. The van der Waals surface area contributed by atoms with E-state index in [2.05, 4.69) is 21.9 Å². The molecule has 0 aliphatic carbocycles. The zero-order valence-electron chi connectivity index (χ0n) is 11.4. The number of rotatable bonds is 7. The molecule has 0 heterocycles. The molecule has 0 fully saturated rings. The average molecular weight is 267 g/mol. The molecule has 0 atom stereocenters. The lowest BCUT2D eigenvalue weighted by molar-refractivity contribution is -0.150. The second-order valence-electron chi connectivity index (χ2n) is 3.53. The van der Waals surface area contributed by atoms with E-state index in [1.165, 1.54) is 7.11 Å². The Bertz CT molecular complexity index is 379. The zero-order chi connectivity index (χ0) is 14.5. The van der Waals surface area contributed by atoms with E-state index in [0.29, 0.717) is 12.2 Å². The van der Waals surface area contributed by atoms with Crippen LogP contribution in [0.5, 0.6) is 0 Å². The molecule has 0 unspecified atom stereocenters. The Hall–Kier alpha value is -1.69. The van der Waals surface area contributed by atoms with Gasteiger partial charge in [-0.05, 0) is 24.5 Å². The number of aromatic carboxylic acids is 1. The fourth-order valence-electron chi connectivity index (χ4n) is 1.28. The number of benzene rings is 1. The van der Waals surface area contributed by atoms with Crippen LogP contribution >= 0.6 is 0 Å². The van der Waals surface area contributed by atoms with Crippen molar-refractivity contribution in [2.75, 3.05) is 13.7 Å². The molecule has 1 aromatic carbocycles. The summed E-state index contributed by atoms with van der Waals surface area (Å²) in [5.74, 6) is -0.845. The molecule has 5 heteroatoms. The van der Waals surface area contributed by atoms with Crippen LogP contribution in [0, 0.1) is 0 Å². The fraction of sp³-hybridized carbons (Fsp3) is 0.357. The van der Waals surface area contributed by atoms with Crippen molar-refractivity contribution in [3.63, 3.8) is 0 Å². The highest BCUT2D eigenvalue weighted by molar-refractivity contribution is 5.89. The van der Waals surface area contributed by atoms with E-state index < -0.39 is 5.97 Å². The maximum absolute atomic E-state index is 10.6. The van der Waals surface area contributed by atoms with E-state index in [9.17, 15) is 4.79 Å². The van der Waals surface area contributed by atoms with Gasteiger partial charge < -0.3 is 5.11 Å². The molecule has 2 N–H and O–H groups in total. The van der Waals surface area contributed by atoms with E-state index in [0.717, 1.165) is 18.4 Å². The maximum Gasteiger partial charge on any atom is 0.335 e. The highest BCUT2D eigenvalue weighted by Gasteiger charge is 2.05. The van der Waals surface area contributed by atoms with Crippen molar-refractivity contribution in [2.24, 2.45) is 0 Å². The first-order valence-corrected chi connectivity index (χ1v) is 5.99. The van der Waals surface area contributed by atoms with Crippen LogP contribution in [0.25, 0.3) is 0 Å². The van der Waals surface area contributed by atoms with Crippen LogP contribution in [-0.4, -0.2) is 24.8 Å². The van der Waals surface area contributed by atoms with Gasteiger partial charge in [-0.15, -0.1) is 6.58 Å². The second-order valence-corrected chi connectivity index (χ2v) is 3.53. The van der Waals surface area contributed by atoms with Crippen molar-refractivity contribution in [3.8, 4) is 0 Å². The molecule has 1 rings (SSSR count). The Morgan fingerprint density at radius 2 is 2.16 bits per heavy atom. The average Bonchev–Trinajstić information content (AvgIpc) is 2.44. The lowest BCUT2D eigenvalue weighted by Gasteiger charge is -2.00. The number of hydrogen-bond acceptors (Lipinski definition) is 4. The van der Waals surface area contributed by atoms with Gasteiger partial charge in [-0.25, -0.2) is 4.79 Å². The number of nitrogens with one attached hydrogen (secondary N) is 1. The summed E-state index contributed by atoms with van der Waals surface area (Å²) in [6.07, 6.45) is 3.37. The van der Waals surface area contributed by atoms with Gasteiger partial charge in [0.1, 0.15) is 0 Å². The number of aryl methyl sites for hydroxylation is 1. The minimum Gasteiger partial charge on any atom is -0.478 e. The van der Waals surface area contributed by atoms with E-state index in [1.54, 1.807) is 18.2 Å². The molecule has 19 heavy (non-hydrogen) atoms. The molecule has 106 valence electrons. The molecule has 0 bridgehead atoms. The van der Waals surface area contributed by atoms with Gasteiger partial charge in [-0.2, -0.15) is 0 Å². The van der Waals surface area contributed by atoms with Crippen molar-refractivity contribution in [1.29, 1.82) is 0 Å². The van der Waals surface area contributed by atoms with Crippen LogP contribution < -0.4 is 5.64 Å². The summed E-state index contributed by atoms with van der Waals surface area (Å²) >= 11 is 0. The first-order valence-electron chi connectivity index (χ1n) is 5.99. The Morgan fingerprint density at radius 3 is 2.63 bits per heavy atom. The smallest absolute Gasteiger partial charge is 0.335 e. The van der Waals surface area contributed by atoms with Gasteiger partial charge in [0, 0.05) is 0 Å². The van der Waals surface area contributed by atoms with Crippen LogP contribution in [0.4, 0.5) is 0 Å². The Labute approximate surface area is 113 Å². The first-order chi connectivity index (χ1) is 9.17. The Balaban J connectivity index is 0.000000362. The molecule has 0 saturated carbocycles. The summed E-state index contributed by atoms with van der Waals surface area (Å²) in [5, 5.41) is 8.70. The Kier molecular flexibility index (Phi) is 10.4. The summed E-state index contributed by atoms with van der Waals surface area (Å²) in [6, 6.07) is 7.05. The number of hydrogen-bond donors (Lipinski definition) is 2. The zero-order valence-corrected chi connectivity index (χ0v) is 11.4. The predicted octanol–water partition coefficient (Wildman–Crippen LogP) is 2.59. The molecule has 5 nitrogen and oxygen atoms in total. The molecule has 0 saturated heterocycles. The van der Waals surface area contributed by atoms with E-state index >= 15 is 0 Å². The number of carbonyl (C=O) groups is 1. The van der Waals surface area contributed by atoms with Gasteiger partial charge in [0.15, 0.2) is 0 Å². The molecule has 0 aromatic heterocycles. The van der Waals surface area contributed by atoms with Crippen LogP contribution in [-0.2, 0) is 16.1 Å². The summed E-state index contributed by atoms with van der Waals surface area (Å²) in [6.45, 7) is 6.05. The fourth-order valence-corrected chi connectivity index (χ4v) is 1.28. The van der Waals surface area contributed by atoms with Gasteiger partial charge in [-0.1, -0.05) is 36.8 Å². The number of carboxylic acids is 1. The van der Waals surface area contributed by atoms with Gasteiger partial charge in [-0.3, -0.25) is 9.68 Å². The van der Waals surface area contributed by atoms with E-state index in [1.807, 2.05) is 19.1 Å². The van der Waals surface area contributed by atoms with Gasteiger partial charge in [0.2, 0.25) is 0 Å². The normalized spacial score (nSPS) is 9.37. The minimum absolute atomic E-state index is 0.412. The maximum atomic E-state index is 10.6. The van der Waals surface area contributed by atoms with Crippen LogP contribution in [0.2, 0.25) is 0 Å².